The highest BCUT2D eigenvalue weighted by Crippen LogP contribution is 2.36. The van der Waals surface area contributed by atoms with Gasteiger partial charge in [0.25, 0.3) is 5.91 Å². The number of amides is 1. The van der Waals surface area contributed by atoms with Crippen LogP contribution in [0.1, 0.15) is 22.1 Å². The number of fused-ring (bicyclic) bond motifs is 5. The highest BCUT2D eigenvalue weighted by molar-refractivity contribution is 6.18. The molecule has 0 saturated heterocycles. The molecule has 0 bridgehead atoms. The third-order valence-electron chi connectivity index (χ3n) is 5.64. The molecule has 1 amide bonds. The number of nitrogens with one attached hydrogen (secondary N) is 1. The monoisotopic (exact) mass is 421 g/mol. The van der Waals surface area contributed by atoms with E-state index in [0.29, 0.717) is 12.3 Å². The molecule has 0 radical (unpaired) electrons. The van der Waals surface area contributed by atoms with Gasteiger partial charge in [-0.25, -0.2) is 4.98 Å². The zero-order valence-corrected chi connectivity index (χ0v) is 17.3. The number of hydrogen-bond donors (Lipinski definition) is 1. The van der Waals surface area contributed by atoms with Crippen molar-refractivity contribution in [2.75, 3.05) is 5.32 Å². The predicted molar refractivity (Wildman–Crippen MR) is 123 cm³/mol. The zero-order valence-electron chi connectivity index (χ0n) is 17.3. The highest BCUT2D eigenvalue weighted by Gasteiger charge is 2.20. The van der Waals surface area contributed by atoms with Crippen molar-refractivity contribution in [1.82, 2.24) is 19.2 Å². The van der Waals surface area contributed by atoms with Crippen LogP contribution in [0.25, 0.3) is 27.3 Å². The fraction of sp³-hybridized carbons (Fsp3) is 0.0800. The van der Waals surface area contributed by atoms with Crippen LogP contribution in [0.15, 0.2) is 83.5 Å². The van der Waals surface area contributed by atoms with E-state index in [1.54, 1.807) is 23.0 Å². The Morgan fingerprint density at radius 3 is 2.66 bits per heavy atom. The fourth-order valence-electron chi connectivity index (χ4n) is 4.27. The van der Waals surface area contributed by atoms with E-state index in [1.165, 1.54) is 0 Å². The Bertz CT molecular complexity index is 1610. The Labute approximate surface area is 182 Å². The van der Waals surface area contributed by atoms with E-state index in [9.17, 15) is 4.79 Å². The van der Waals surface area contributed by atoms with Gasteiger partial charge in [-0.15, -0.1) is 0 Å². The molecule has 0 aliphatic carbocycles. The lowest BCUT2D eigenvalue weighted by atomic mass is 10.1. The molecule has 156 valence electrons. The molecule has 0 aliphatic heterocycles. The molecular formula is C25H19N5O2. The number of nitrogens with zero attached hydrogens (tertiary/aromatic N) is 4. The second-order valence-corrected chi connectivity index (χ2v) is 7.68. The summed E-state index contributed by atoms with van der Waals surface area (Å²) in [5.74, 6) is 1.48. The number of aromatic nitrogens is 4. The first kappa shape index (κ1) is 18.4. The third kappa shape index (κ3) is 2.86. The molecule has 2 aromatic carbocycles. The largest absolute Gasteiger partial charge is 0.454 e. The van der Waals surface area contributed by atoms with Crippen molar-refractivity contribution in [3.05, 3.63) is 96.5 Å². The summed E-state index contributed by atoms with van der Waals surface area (Å²) in [6.45, 7) is 2.44. The molecule has 0 fully saturated rings. The van der Waals surface area contributed by atoms with Crippen molar-refractivity contribution < 1.29 is 9.21 Å². The van der Waals surface area contributed by atoms with Gasteiger partial charge in [0.1, 0.15) is 11.6 Å². The van der Waals surface area contributed by atoms with Crippen LogP contribution in [-0.2, 0) is 6.54 Å². The zero-order chi connectivity index (χ0) is 21.7. The van der Waals surface area contributed by atoms with E-state index in [2.05, 4.69) is 14.8 Å². The number of carbonyl (C=O) groups excluding carboxylic acids is 1. The molecule has 0 saturated carbocycles. The van der Waals surface area contributed by atoms with Crippen LogP contribution in [0.2, 0.25) is 0 Å². The average Bonchev–Trinajstić information content (AvgIpc) is 3.55. The number of hydrogen-bond acceptors (Lipinski definition) is 4. The van der Waals surface area contributed by atoms with Crippen molar-refractivity contribution in [2.45, 2.75) is 13.5 Å². The summed E-state index contributed by atoms with van der Waals surface area (Å²) in [4.78, 5) is 18.0. The summed E-state index contributed by atoms with van der Waals surface area (Å²) in [5, 5.41) is 9.22. The molecule has 0 aliphatic rings. The summed E-state index contributed by atoms with van der Waals surface area (Å²) in [6.07, 6.45) is 3.56. The van der Waals surface area contributed by atoms with Crippen LogP contribution in [0.5, 0.6) is 0 Å². The summed E-state index contributed by atoms with van der Waals surface area (Å²) in [6, 6.07) is 21.3. The average molecular weight is 421 g/mol. The maximum atomic E-state index is 13.2. The van der Waals surface area contributed by atoms with E-state index < -0.39 is 0 Å². The van der Waals surface area contributed by atoms with Gasteiger partial charge in [0.2, 0.25) is 0 Å². The van der Waals surface area contributed by atoms with Crippen molar-refractivity contribution in [1.29, 1.82) is 0 Å². The number of para-hydroxylation sites is 2. The molecule has 7 nitrogen and oxygen atoms in total. The molecule has 32 heavy (non-hydrogen) atoms. The number of aryl methyl sites for hydroxylation is 1. The van der Waals surface area contributed by atoms with Gasteiger partial charge in [-0.2, -0.15) is 5.10 Å². The summed E-state index contributed by atoms with van der Waals surface area (Å²) < 4.78 is 9.65. The van der Waals surface area contributed by atoms with Crippen LogP contribution < -0.4 is 5.32 Å². The Morgan fingerprint density at radius 2 is 1.81 bits per heavy atom. The van der Waals surface area contributed by atoms with Gasteiger partial charge in [0, 0.05) is 23.2 Å². The summed E-state index contributed by atoms with van der Waals surface area (Å²) in [5.41, 5.74) is 3.55. The highest BCUT2D eigenvalue weighted by atomic mass is 16.4. The number of benzene rings is 2. The van der Waals surface area contributed by atoms with Crippen LogP contribution >= 0.6 is 0 Å². The van der Waals surface area contributed by atoms with Crippen LogP contribution in [-0.4, -0.2) is 25.1 Å². The number of furan rings is 1. The molecule has 1 N–H and O–H groups in total. The minimum Gasteiger partial charge on any atom is -0.454 e. The molecule has 6 rings (SSSR count). The van der Waals surface area contributed by atoms with Crippen molar-refractivity contribution in [2.24, 2.45) is 0 Å². The Hall–Kier alpha value is -4.39. The molecule has 0 unspecified atom stereocenters. The molecular weight excluding hydrogens is 402 g/mol. The van der Waals surface area contributed by atoms with E-state index in [0.717, 1.165) is 38.8 Å². The first-order valence-corrected chi connectivity index (χ1v) is 10.3. The van der Waals surface area contributed by atoms with Gasteiger partial charge in [-0.05, 0) is 37.3 Å². The number of anilines is 1. The molecule has 4 aromatic heterocycles. The van der Waals surface area contributed by atoms with Crippen LogP contribution in [0.4, 0.5) is 5.69 Å². The molecule has 0 atom stereocenters. The topological polar surface area (TPSA) is 77.4 Å². The lowest BCUT2D eigenvalue weighted by molar-refractivity contribution is 0.0995. The van der Waals surface area contributed by atoms with Crippen molar-refractivity contribution in [3.63, 3.8) is 0 Å². The molecule has 0 spiro atoms. The fourth-order valence-corrected chi connectivity index (χ4v) is 4.27. The van der Waals surface area contributed by atoms with Crippen LogP contribution in [0.3, 0.4) is 0 Å². The maximum absolute atomic E-state index is 13.2. The second-order valence-electron chi connectivity index (χ2n) is 7.68. The Balaban J connectivity index is 1.47. The second kappa shape index (κ2) is 7.09. The van der Waals surface area contributed by atoms with Gasteiger partial charge in [-0.1, -0.05) is 36.4 Å². The molecule has 6 aromatic rings. The first-order chi connectivity index (χ1) is 15.7. The number of carbonyl (C=O) groups is 1. The van der Waals surface area contributed by atoms with Gasteiger partial charge < -0.3 is 9.73 Å². The summed E-state index contributed by atoms with van der Waals surface area (Å²) >= 11 is 0. The number of rotatable bonds is 4. The van der Waals surface area contributed by atoms with Gasteiger partial charge in [-0.3, -0.25) is 13.9 Å². The lowest BCUT2D eigenvalue weighted by Crippen LogP contribution is -2.11. The minimum absolute atomic E-state index is 0.255. The van der Waals surface area contributed by atoms with Gasteiger partial charge in [0.15, 0.2) is 5.76 Å². The standard InChI is InChI=1S/C25H19N5O2/c1-16-27-20-9-4-2-7-18(20)24-23(19-8-3-5-10-21(19)30(16)24)28-25(31)22-12-11-17(32-22)15-29-14-6-13-26-29/h2-14H,15H2,1H3,(H,28,31). The van der Waals surface area contributed by atoms with Gasteiger partial charge in [0.05, 0.1) is 28.8 Å². The Morgan fingerprint density at radius 1 is 1.00 bits per heavy atom. The predicted octanol–water partition coefficient (Wildman–Crippen LogP) is 5.04. The molecule has 4 heterocycles. The molecule has 7 heteroatoms. The van der Waals surface area contributed by atoms with Crippen molar-refractivity contribution >= 4 is 38.9 Å². The summed E-state index contributed by atoms with van der Waals surface area (Å²) in [7, 11) is 0. The van der Waals surface area contributed by atoms with Crippen LogP contribution in [0, 0.1) is 6.92 Å². The smallest absolute Gasteiger partial charge is 0.291 e. The Kier molecular flexibility index (Phi) is 4.07. The SMILES string of the molecule is Cc1nc2ccccc2c2c(NC(=O)c3ccc(Cn4cccn4)o3)c3ccccc3n12. The minimum atomic E-state index is -0.298. The van der Waals surface area contributed by atoms with E-state index in [-0.39, 0.29) is 11.7 Å². The van der Waals surface area contributed by atoms with Crippen molar-refractivity contribution in [3.8, 4) is 0 Å². The maximum Gasteiger partial charge on any atom is 0.291 e. The van der Waals surface area contributed by atoms with Gasteiger partial charge >= 0.3 is 0 Å². The third-order valence-corrected chi connectivity index (χ3v) is 5.64. The quantitative estimate of drug-likeness (QED) is 0.433. The van der Waals surface area contributed by atoms with E-state index in [4.69, 9.17) is 9.40 Å². The first-order valence-electron chi connectivity index (χ1n) is 10.3. The van der Waals surface area contributed by atoms with E-state index in [1.807, 2.05) is 67.7 Å². The van der Waals surface area contributed by atoms with E-state index >= 15 is 0 Å². The normalized spacial score (nSPS) is 11.5. The lowest BCUT2D eigenvalue weighted by Gasteiger charge is -2.08.